The van der Waals surface area contributed by atoms with Crippen LogP contribution in [0, 0.1) is 0 Å². The van der Waals surface area contributed by atoms with Crippen LogP contribution in [0.4, 0.5) is 0 Å². The minimum Gasteiger partial charge on any atom is -0.468 e. The van der Waals surface area contributed by atoms with Gasteiger partial charge in [-0.2, -0.15) is 0 Å². The second-order valence-corrected chi connectivity index (χ2v) is 5.59. The number of likely N-dealkylation sites (N-methyl/N-ethyl adjacent to an activating group) is 1. The van der Waals surface area contributed by atoms with E-state index in [1.165, 1.54) is 0 Å². The molecule has 1 aliphatic rings. The van der Waals surface area contributed by atoms with E-state index in [1.807, 2.05) is 54.4 Å². The quantitative estimate of drug-likeness (QED) is 0.887. The van der Waals surface area contributed by atoms with Crippen LogP contribution in [-0.2, 0) is 11.3 Å². The molecule has 2 aromatic rings. The van der Waals surface area contributed by atoms with E-state index in [0.29, 0.717) is 12.6 Å². The second-order valence-electron chi connectivity index (χ2n) is 5.59. The SMILES string of the molecule is CN(Cc1ccco1)C(C(=O)NC1CC1)c1ccccc1. The third-order valence-electron chi connectivity index (χ3n) is 3.71. The summed E-state index contributed by atoms with van der Waals surface area (Å²) >= 11 is 0. The molecule has 1 N–H and O–H groups in total. The van der Waals surface area contributed by atoms with Crippen molar-refractivity contribution in [1.29, 1.82) is 0 Å². The second kappa shape index (κ2) is 6.14. The molecule has 110 valence electrons. The first kappa shape index (κ1) is 13.9. The maximum atomic E-state index is 12.6. The van der Waals surface area contributed by atoms with Crippen molar-refractivity contribution in [2.75, 3.05) is 7.05 Å². The van der Waals surface area contributed by atoms with Gasteiger partial charge >= 0.3 is 0 Å². The minimum atomic E-state index is -0.295. The largest absolute Gasteiger partial charge is 0.468 e. The Hall–Kier alpha value is -2.07. The molecule has 0 bridgehead atoms. The smallest absolute Gasteiger partial charge is 0.242 e. The van der Waals surface area contributed by atoms with Crippen LogP contribution in [-0.4, -0.2) is 23.9 Å². The molecule has 1 fully saturated rings. The van der Waals surface area contributed by atoms with Crippen molar-refractivity contribution in [3.8, 4) is 0 Å². The standard InChI is InChI=1S/C17H20N2O2/c1-19(12-15-8-5-11-21-15)16(13-6-3-2-4-7-13)17(20)18-14-9-10-14/h2-8,11,14,16H,9-10,12H2,1H3,(H,18,20). The Morgan fingerprint density at radius 2 is 2.05 bits per heavy atom. The normalized spacial score (nSPS) is 15.9. The van der Waals surface area contributed by atoms with Crippen LogP contribution in [0.3, 0.4) is 0 Å². The number of hydrogen-bond acceptors (Lipinski definition) is 3. The van der Waals surface area contributed by atoms with Gasteiger partial charge in [0, 0.05) is 6.04 Å². The van der Waals surface area contributed by atoms with Gasteiger partial charge in [-0.1, -0.05) is 30.3 Å². The molecule has 0 aliphatic heterocycles. The molecule has 1 unspecified atom stereocenters. The van der Waals surface area contributed by atoms with Crippen LogP contribution in [0.25, 0.3) is 0 Å². The van der Waals surface area contributed by atoms with E-state index < -0.39 is 0 Å². The Kier molecular flexibility index (Phi) is 4.06. The lowest BCUT2D eigenvalue weighted by molar-refractivity contribution is -0.126. The van der Waals surface area contributed by atoms with Crippen molar-refractivity contribution < 1.29 is 9.21 Å². The molecule has 4 nitrogen and oxygen atoms in total. The lowest BCUT2D eigenvalue weighted by Gasteiger charge is -2.26. The lowest BCUT2D eigenvalue weighted by atomic mass is 10.0. The molecule has 1 saturated carbocycles. The number of carbonyl (C=O) groups excluding carboxylic acids is 1. The monoisotopic (exact) mass is 284 g/mol. The average Bonchev–Trinajstić information content (AvgIpc) is 3.14. The zero-order valence-corrected chi connectivity index (χ0v) is 12.2. The number of amides is 1. The first-order chi connectivity index (χ1) is 10.2. The highest BCUT2D eigenvalue weighted by Crippen LogP contribution is 2.25. The summed E-state index contributed by atoms with van der Waals surface area (Å²) in [4.78, 5) is 14.6. The molecular formula is C17H20N2O2. The van der Waals surface area contributed by atoms with Crippen molar-refractivity contribution in [2.45, 2.75) is 31.5 Å². The summed E-state index contributed by atoms with van der Waals surface area (Å²) in [6, 6.07) is 13.7. The zero-order chi connectivity index (χ0) is 14.7. The molecule has 21 heavy (non-hydrogen) atoms. The number of rotatable bonds is 6. The summed E-state index contributed by atoms with van der Waals surface area (Å²) in [5.41, 5.74) is 1.00. The van der Waals surface area contributed by atoms with Crippen LogP contribution in [0.5, 0.6) is 0 Å². The van der Waals surface area contributed by atoms with Crippen molar-refractivity contribution in [3.05, 3.63) is 60.1 Å². The van der Waals surface area contributed by atoms with E-state index in [9.17, 15) is 4.79 Å². The number of carbonyl (C=O) groups is 1. The lowest BCUT2D eigenvalue weighted by Crippen LogP contribution is -2.39. The minimum absolute atomic E-state index is 0.0674. The summed E-state index contributed by atoms with van der Waals surface area (Å²) in [6.45, 7) is 0.602. The fourth-order valence-corrected chi connectivity index (χ4v) is 2.49. The molecule has 1 aromatic carbocycles. The Balaban J connectivity index is 1.78. The van der Waals surface area contributed by atoms with Gasteiger partial charge in [0.05, 0.1) is 12.8 Å². The Morgan fingerprint density at radius 1 is 1.29 bits per heavy atom. The number of benzene rings is 1. The predicted molar refractivity (Wildman–Crippen MR) is 80.5 cm³/mol. The number of furan rings is 1. The summed E-state index contributed by atoms with van der Waals surface area (Å²) in [6.07, 6.45) is 3.84. The van der Waals surface area contributed by atoms with Gasteiger partial charge in [-0.15, -0.1) is 0 Å². The summed E-state index contributed by atoms with van der Waals surface area (Å²) < 4.78 is 5.39. The fraction of sp³-hybridized carbons (Fsp3) is 0.353. The molecule has 1 atom stereocenters. The van der Waals surface area contributed by atoms with Gasteiger partial charge in [0.2, 0.25) is 5.91 Å². The predicted octanol–water partition coefficient (Wildman–Crippen LogP) is 2.73. The summed E-state index contributed by atoms with van der Waals surface area (Å²) in [5.74, 6) is 0.926. The van der Waals surface area contributed by atoms with Gasteiger partial charge in [-0.3, -0.25) is 9.69 Å². The van der Waals surface area contributed by atoms with Crippen LogP contribution in [0.1, 0.15) is 30.2 Å². The van der Waals surface area contributed by atoms with Gasteiger partial charge < -0.3 is 9.73 Å². The van der Waals surface area contributed by atoms with Crippen molar-refractivity contribution >= 4 is 5.91 Å². The topological polar surface area (TPSA) is 45.5 Å². The maximum Gasteiger partial charge on any atom is 0.242 e. The molecule has 1 aromatic heterocycles. The van der Waals surface area contributed by atoms with Gasteiger partial charge in [-0.05, 0) is 37.6 Å². The molecule has 0 spiro atoms. The average molecular weight is 284 g/mol. The van der Waals surface area contributed by atoms with Crippen LogP contribution in [0.15, 0.2) is 53.1 Å². The zero-order valence-electron chi connectivity index (χ0n) is 12.2. The molecule has 1 aliphatic carbocycles. The van der Waals surface area contributed by atoms with E-state index in [0.717, 1.165) is 24.2 Å². The highest BCUT2D eigenvalue weighted by Gasteiger charge is 2.30. The first-order valence-electron chi connectivity index (χ1n) is 7.32. The molecule has 3 rings (SSSR count). The summed E-state index contributed by atoms with van der Waals surface area (Å²) in [5, 5.41) is 3.10. The third kappa shape index (κ3) is 3.52. The number of hydrogen-bond donors (Lipinski definition) is 1. The van der Waals surface area contributed by atoms with E-state index in [2.05, 4.69) is 5.32 Å². The number of nitrogens with zero attached hydrogens (tertiary/aromatic N) is 1. The van der Waals surface area contributed by atoms with Gasteiger partial charge in [0.1, 0.15) is 11.8 Å². The van der Waals surface area contributed by atoms with E-state index in [4.69, 9.17) is 4.42 Å². The van der Waals surface area contributed by atoms with Crippen LogP contribution >= 0.6 is 0 Å². The fourth-order valence-electron chi connectivity index (χ4n) is 2.49. The Morgan fingerprint density at radius 3 is 2.67 bits per heavy atom. The van der Waals surface area contributed by atoms with Crippen molar-refractivity contribution in [1.82, 2.24) is 10.2 Å². The first-order valence-corrected chi connectivity index (χ1v) is 7.32. The highest BCUT2D eigenvalue weighted by atomic mass is 16.3. The molecule has 1 heterocycles. The van der Waals surface area contributed by atoms with Crippen molar-refractivity contribution in [3.63, 3.8) is 0 Å². The highest BCUT2D eigenvalue weighted by molar-refractivity contribution is 5.83. The maximum absolute atomic E-state index is 12.6. The van der Waals surface area contributed by atoms with Crippen LogP contribution < -0.4 is 5.32 Å². The Labute approximate surface area is 124 Å². The third-order valence-corrected chi connectivity index (χ3v) is 3.71. The van der Waals surface area contributed by atoms with Crippen molar-refractivity contribution in [2.24, 2.45) is 0 Å². The van der Waals surface area contributed by atoms with Gasteiger partial charge in [0.15, 0.2) is 0 Å². The van der Waals surface area contributed by atoms with E-state index >= 15 is 0 Å². The number of nitrogens with one attached hydrogen (secondary N) is 1. The molecule has 0 radical (unpaired) electrons. The molecule has 4 heteroatoms. The van der Waals surface area contributed by atoms with Gasteiger partial charge in [0.25, 0.3) is 0 Å². The molecule has 0 saturated heterocycles. The van der Waals surface area contributed by atoms with Crippen LogP contribution in [0.2, 0.25) is 0 Å². The molecular weight excluding hydrogens is 264 g/mol. The summed E-state index contributed by atoms with van der Waals surface area (Å²) in [7, 11) is 1.95. The Bertz CT molecular complexity index is 576. The van der Waals surface area contributed by atoms with Gasteiger partial charge in [-0.25, -0.2) is 0 Å². The van der Waals surface area contributed by atoms with E-state index in [-0.39, 0.29) is 11.9 Å². The molecule has 1 amide bonds. The van der Waals surface area contributed by atoms with E-state index in [1.54, 1.807) is 6.26 Å².